The van der Waals surface area contributed by atoms with Gasteiger partial charge in [0, 0.05) is 5.56 Å². The molecule has 0 aromatic heterocycles. The predicted octanol–water partition coefficient (Wildman–Crippen LogP) is 3.28. The molecular formula is C19H16N2O5S. The van der Waals surface area contributed by atoms with Crippen LogP contribution < -0.4 is 14.8 Å². The smallest absolute Gasteiger partial charge is 0.290 e. The zero-order chi connectivity index (χ0) is 19.2. The van der Waals surface area contributed by atoms with E-state index in [-0.39, 0.29) is 11.8 Å². The van der Waals surface area contributed by atoms with Crippen LogP contribution in [0.5, 0.6) is 11.5 Å². The fourth-order valence-corrected chi connectivity index (χ4v) is 3.11. The summed E-state index contributed by atoms with van der Waals surface area (Å²) in [6.45, 7) is 0.0457. The first-order valence-corrected chi connectivity index (χ1v) is 8.74. The Morgan fingerprint density at radius 3 is 2.56 bits per heavy atom. The van der Waals surface area contributed by atoms with Crippen molar-refractivity contribution in [1.82, 2.24) is 5.32 Å². The number of carbonyl (C=O) groups is 2. The van der Waals surface area contributed by atoms with E-state index in [1.165, 1.54) is 0 Å². The number of ether oxygens (including phenoxy) is 2. The van der Waals surface area contributed by atoms with Crippen molar-refractivity contribution in [2.24, 2.45) is 5.16 Å². The van der Waals surface area contributed by atoms with Gasteiger partial charge >= 0.3 is 0 Å². The van der Waals surface area contributed by atoms with E-state index in [1.807, 2.05) is 12.1 Å². The largest absolute Gasteiger partial charge is 0.496 e. The highest BCUT2D eigenvalue weighted by Gasteiger charge is 2.24. The van der Waals surface area contributed by atoms with Crippen molar-refractivity contribution < 1.29 is 24.3 Å². The molecule has 2 amide bonds. The van der Waals surface area contributed by atoms with E-state index in [0.29, 0.717) is 27.7 Å². The molecule has 2 N–H and O–H groups in total. The van der Waals surface area contributed by atoms with Gasteiger partial charge in [-0.2, -0.15) is 0 Å². The van der Waals surface area contributed by atoms with E-state index in [9.17, 15) is 14.8 Å². The van der Waals surface area contributed by atoms with Crippen LogP contribution >= 0.6 is 11.8 Å². The number of oxime groups is 1. The fraction of sp³-hybridized carbons (Fsp3) is 0.105. The first-order valence-electron chi connectivity index (χ1n) is 7.92. The molecule has 0 bridgehead atoms. The molecule has 0 unspecified atom stereocenters. The predicted molar refractivity (Wildman–Crippen MR) is 102 cm³/mol. The normalized spacial score (nSPS) is 15.7. The van der Waals surface area contributed by atoms with E-state index in [4.69, 9.17) is 9.47 Å². The topological polar surface area (TPSA) is 97.2 Å². The summed E-state index contributed by atoms with van der Waals surface area (Å²) >= 11 is 0.866. The quantitative estimate of drug-likeness (QED) is 0.343. The molecule has 1 fully saturated rings. The van der Waals surface area contributed by atoms with Gasteiger partial charge in [0.25, 0.3) is 11.1 Å². The molecule has 2 aromatic carbocycles. The molecule has 0 atom stereocenters. The molecule has 27 heavy (non-hydrogen) atoms. The van der Waals surface area contributed by atoms with Gasteiger partial charge < -0.3 is 14.7 Å². The Balaban J connectivity index is 1.67. The van der Waals surface area contributed by atoms with Crippen molar-refractivity contribution >= 4 is 34.7 Å². The summed E-state index contributed by atoms with van der Waals surface area (Å²) in [7, 11) is 1.54. The highest BCUT2D eigenvalue weighted by Crippen LogP contribution is 2.26. The number of thioether (sulfide) groups is 1. The Morgan fingerprint density at radius 2 is 1.93 bits per heavy atom. The van der Waals surface area contributed by atoms with E-state index in [0.717, 1.165) is 17.3 Å². The maximum atomic E-state index is 11.6. The molecular weight excluding hydrogens is 368 g/mol. The minimum absolute atomic E-state index is 0.0457. The monoisotopic (exact) mass is 384 g/mol. The van der Waals surface area contributed by atoms with Crippen molar-refractivity contribution in [3.8, 4) is 11.5 Å². The lowest BCUT2D eigenvalue weighted by atomic mass is 10.1. The molecule has 0 saturated carbocycles. The van der Waals surface area contributed by atoms with Crippen molar-refractivity contribution in [2.75, 3.05) is 13.7 Å². The Labute approximate surface area is 159 Å². The van der Waals surface area contributed by atoms with Crippen LogP contribution in [-0.4, -0.2) is 35.8 Å². The third-order valence-corrected chi connectivity index (χ3v) is 4.54. The molecule has 2 aromatic rings. The van der Waals surface area contributed by atoms with E-state index in [2.05, 4.69) is 10.5 Å². The number of methoxy groups -OCH3 is 1. The third kappa shape index (κ3) is 4.48. The number of para-hydroxylation sites is 1. The van der Waals surface area contributed by atoms with E-state index in [1.54, 1.807) is 49.6 Å². The highest BCUT2D eigenvalue weighted by atomic mass is 32.2. The second-order valence-electron chi connectivity index (χ2n) is 5.46. The van der Waals surface area contributed by atoms with Gasteiger partial charge in [-0.05, 0) is 47.7 Å². The molecule has 3 rings (SSSR count). The second kappa shape index (κ2) is 8.41. The number of hydrogen-bond donors (Lipinski definition) is 2. The van der Waals surface area contributed by atoms with Gasteiger partial charge in [0.2, 0.25) is 0 Å². The number of nitrogens with one attached hydrogen (secondary N) is 1. The third-order valence-electron chi connectivity index (χ3n) is 3.73. The second-order valence-corrected chi connectivity index (χ2v) is 6.47. The molecule has 8 heteroatoms. The van der Waals surface area contributed by atoms with Gasteiger partial charge in [-0.1, -0.05) is 29.4 Å². The van der Waals surface area contributed by atoms with Crippen molar-refractivity contribution in [1.29, 1.82) is 0 Å². The maximum Gasteiger partial charge on any atom is 0.290 e. The standard InChI is InChI=1S/C19H16N2O5S/c1-25-16-5-3-2-4-14(16)15(21-24)11-26-13-8-6-12(7-9-13)10-17-18(22)20-19(23)27-17/h2-10,24H,11H2,1H3,(H,20,22,23)/b17-10-,21-15?. The molecule has 0 aliphatic carbocycles. The molecule has 7 nitrogen and oxygen atoms in total. The van der Waals surface area contributed by atoms with Crippen LogP contribution in [0.15, 0.2) is 58.6 Å². The van der Waals surface area contributed by atoms with Crippen molar-refractivity contribution in [3.63, 3.8) is 0 Å². The lowest BCUT2D eigenvalue weighted by molar-refractivity contribution is -0.115. The first kappa shape index (κ1) is 18.5. The van der Waals surface area contributed by atoms with Crippen molar-refractivity contribution in [2.45, 2.75) is 0 Å². The summed E-state index contributed by atoms with van der Waals surface area (Å²) in [6, 6.07) is 14.2. The minimum atomic E-state index is -0.397. The summed E-state index contributed by atoms with van der Waals surface area (Å²) in [5.74, 6) is 0.747. The maximum absolute atomic E-state index is 11.6. The lowest BCUT2D eigenvalue weighted by Gasteiger charge is -2.11. The van der Waals surface area contributed by atoms with E-state index >= 15 is 0 Å². The Morgan fingerprint density at radius 1 is 1.19 bits per heavy atom. The average Bonchev–Trinajstić information content (AvgIpc) is 3.00. The Kier molecular flexibility index (Phi) is 5.77. The van der Waals surface area contributed by atoms with Crippen LogP contribution in [0, 0.1) is 0 Å². The SMILES string of the molecule is COc1ccccc1C(COc1ccc(/C=C2\SC(=O)NC2=O)cc1)=NO. The van der Waals surface area contributed by atoms with Gasteiger partial charge in [0.1, 0.15) is 23.8 Å². The molecule has 1 aliphatic rings. The van der Waals surface area contributed by atoms with Gasteiger partial charge in [0.05, 0.1) is 12.0 Å². The van der Waals surface area contributed by atoms with Gasteiger partial charge in [-0.15, -0.1) is 0 Å². The summed E-state index contributed by atoms with van der Waals surface area (Å²) in [4.78, 5) is 23.1. The van der Waals surface area contributed by atoms with Crippen molar-refractivity contribution in [3.05, 3.63) is 64.6 Å². The van der Waals surface area contributed by atoms with Crippen LogP contribution in [0.1, 0.15) is 11.1 Å². The molecule has 1 aliphatic heterocycles. The number of carbonyl (C=O) groups excluding carboxylic acids is 2. The highest BCUT2D eigenvalue weighted by molar-refractivity contribution is 8.18. The first-order chi connectivity index (χ1) is 13.1. The molecule has 0 spiro atoms. The Bertz CT molecular complexity index is 922. The zero-order valence-electron chi connectivity index (χ0n) is 14.3. The van der Waals surface area contributed by atoms with Gasteiger partial charge in [-0.3, -0.25) is 14.9 Å². The molecule has 1 heterocycles. The lowest BCUT2D eigenvalue weighted by Crippen LogP contribution is -2.17. The van der Waals surface area contributed by atoms with Crippen LogP contribution in [0.4, 0.5) is 4.79 Å². The van der Waals surface area contributed by atoms with Crippen LogP contribution in [0.2, 0.25) is 0 Å². The number of imide groups is 1. The molecule has 1 saturated heterocycles. The molecule has 138 valence electrons. The summed E-state index contributed by atoms with van der Waals surface area (Å²) < 4.78 is 10.9. The number of benzene rings is 2. The summed E-state index contributed by atoms with van der Waals surface area (Å²) in [5.41, 5.74) is 1.73. The summed E-state index contributed by atoms with van der Waals surface area (Å²) in [6.07, 6.45) is 1.63. The summed E-state index contributed by atoms with van der Waals surface area (Å²) in [5, 5.41) is 14.4. The molecule has 0 radical (unpaired) electrons. The van der Waals surface area contributed by atoms with Crippen LogP contribution in [0.3, 0.4) is 0 Å². The number of hydrogen-bond acceptors (Lipinski definition) is 7. The minimum Gasteiger partial charge on any atom is -0.496 e. The number of amides is 2. The average molecular weight is 384 g/mol. The van der Waals surface area contributed by atoms with Crippen LogP contribution in [-0.2, 0) is 4.79 Å². The zero-order valence-corrected chi connectivity index (χ0v) is 15.2. The van der Waals surface area contributed by atoms with Gasteiger partial charge in [-0.25, -0.2) is 0 Å². The number of rotatable bonds is 6. The number of nitrogens with zero attached hydrogens (tertiary/aromatic N) is 1. The van der Waals surface area contributed by atoms with E-state index < -0.39 is 5.91 Å². The fourth-order valence-electron chi connectivity index (χ4n) is 2.43. The van der Waals surface area contributed by atoms with Crippen LogP contribution in [0.25, 0.3) is 6.08 Å². The van der Waals surface area contributed by atoms with Gasteiger partial charge in [0.15, 0.2) is 0 Å². The Hall–Kier alpha value is -3.26.